The van der Waals surface area contributed by atoms with Crippen molar-refractivity contribution in [3.8, 4) is 0 Å². The molecule has 0 spiro atoms. The highest BCUT2D eigenvalue weighted by Gasteiger charge is 2.32. The second-order valence-corrected chi connectivity index (χ2v) is 6.89. The first-order valence-corrected chi connectivity index (χ1v) is 8.56. The van der Waals surface area contributed by atoms with Crippen LogP contribution in [0.5, 0.6) is 0 Å². The molecule has 1 fully saturated rings. The van der Waals surface area contributed by atoms with E-state index in [1.165, 1.54) is 58.2 Å². The second-order valence-electron chi connectivity index (χ2n) is 6.89. The van der Waals surface area contributed by atoms with Crippen LogP contribution in [0.1, 0.15) is 66.2 Å². The van der Waals surface area contributed by atoms with Crippen molar-refractivity contribution in [1.29, 1.82) is 0 Å². The maximum atomic E-state index is 6.44. The first-order chi connectivity index (χ1) is 9.08. The van der Waals surface area contributed by atoms with Crippen LogP contribution < -0.4 is 5.73 Å². The summed E-state index contributed by atoms with van der Waals surface area (Å²) < 4.78 is 0. The van der Waals surface area contributed by atoms with Crippen LogP contribution in [-0.4, -0.2) is 30.6 Å². The Labute approximate surface area is 121 Å². The van der Waals surface area contributed by atoms with Gasteiger partial charge in [0, 0.05) is 12.6 Å². The van der Waals surface area contributed by atoms with Crippen molar-refractivity contribution in [2.24, 2.45) is 23.5 Å². The highest BCUT2D eigenvalue weighted by Crippen LogP contribution is 2.33. The SMILES string of the molecule is CCCCN(CCCC)CC1C(C)CC(C)CC1N. The number of nitrogens with two attached hydrogens (primary N) is 1. The third kappa shape index (κ3) is 5.83. The summed E-state index contributed by atoms with van der Waals surface area (Å²) in [5, 5.41) is 0. The summed E-state index contributed by atoms with van der Waals surface area (Å²) in [5.41, 5.74) is 6.44. The van der Waals surface area contributed by atoms with Gasteiger partial charge in [-0.1, -0.05) is 40.5 Å². The van der Waals surface area contributed by atoms with Gasteiger partial charge in [-0.3, -0.25) is 0 Å². The van der Waals surface area contributed by atoms with Crippen LogP contribution in [0.15, 0.2) is 0 Å². The molecule has 0 amide bonds. The van der Waals surface area contributed by atoms with Crippen molar-refractivity contribution in [3.63, 3.8) is 0 Å². The molecule has 0 saturated heterocycles. The van der Waals surface area contributed by atoms with Gasteiger partial charge in [0.1, 0.15) is 0 Å². The van der Waals surface area contributed by atoms with Crippen molar-refractivity contribution in [2.45, 2.75) is 72.3 Å². The molecular formula is C17H36N2. The molecule has 0 heterocycles. The molecule has 1 aliphatic carbocycles. The van der Waals surface area contributed by atoms with Gasteiger partial charge in [-0.15, -0.1) is 0 Å². The highest BCUT2D eigenvalue weighted by atomic mass is 15.1. The van der Waals surface area contributed by atoms with Crippen LogP contribution in [0.2, 0.25) is 0 Å². The Bertz CT molecular complexity index is 209. The Hall–Kier alpha value is -0.0800. The minimum atomic E-state index is 0.421. The average molecular weight is 268 g/mol. The fraction of sp³-hybridized carbons (Fsp3) is 1.00. The van der Waals surface area contributed by atoms with Gasteiger partial charge in [-0.2, -0.15) is 0 Å². The lowest BCUT2D eigenvalue weighted by Crippen LogP contribution is -2.47. The first kappa shape index (κ1) is 17.0. The van der Waals surface area contributed by atoms with Crippen LogP contribution in [0.4, 0.5) is 0 Å². The summed E-state index contributed by atoms with van der Waals surface area (Å²) in [6.07, 6.45) is 7.85. The molecule has 1 saturated carbocycles. The van der Waals surface area contributed by atoms with Gasteiger partial charge in [-0.05, 0) is 56.5 Å². The highest BCUT2D eigenvalue weighted by molar-refractivity contribution is 4.87. The minimum Gasteiger partial charge on any atom is -0.327 e. The van der Waals surface area contributed by atoms with Gasteiger partial charge >= 0.3 is 0 Å². The zero-order chi connectivity index (χ0) is 14.3. The van der Waals surface area contributed by atoms with Crippen molar-refractivity contribution in [2.75, 3.05) is 19.6 Å². The summed E-state index contributed by atoms with van der Waals surface area (Å²) >= 11 is 0. The molecule has 4 unspecified atom stereocenters. The second kappa shape index (κ2) is 8.97. The molecule has 1 aliphatic rings. The Morgan fingerprint density at radius 1 is 1.00 bits per heavy atom. The molecule has 0 aromatic carbocycles. The van der Waals surface area contributed by atoms with E-state index in [1.54, 1.807) is 0 Å². The molecule has 0 aromatic rings. The molecule has 2 heteroatoms. The zero-order valence-corrected chi connectivity index (χ0v) is 13.7. The van der Waals surface area contributed by atoms with E-state index >= 15 is 0 Å². The number of rotatable bonds is 8. The number of unbranched alkanes of at least 4 members (excludes halogenated alkanes) is 2. The van der Waals surface area contributed by atoms with Crippen LogP contribution in [0.25, 0.3) is 0 Å². The molecular weight excluding hydrogens is 232 g/mol. The van der Waals surface area contributed by atoms with Gasteiger partial charge < -0.3 is 10.6 Å². The number of hydrogen-bond acceptors (Lipinski definition) is 2. The van der Waals surface area contributed by atoms with Gasteiger partial charge in [-0.25, -0.2) is 0 Å². The van der Waals surface area contributed by atoms with E-state index in [0.717, 1.165) is 11.8 Å². The van der Waals surface area contributed by atoms with Crippen molar-refractivity contribution in [1.82, 2.24) is 4.90 Å². The largest absolute Gasteiger partial charge is 0.327 e. The fourth-order valence-electron chi connectivity index (χ4n) is 3.64. The molecule has 114 valence electrons. The summed E-state index contributed by atoms with van der Waals surface area (Å²) in [5.74, 6) is 2.33. The Morgan fingerprint density at radius 2 is 1.58 bits per heavy atom. The summed E-state index contributed by atoms with van der Waals surface area (Å²) in [4.78, 5) is 2.68. The van der Waals surface area contributed by atoms with Crippen LogP contribution in [0.3, 0.4) is 0 Å². The normalized spacial score (nSPS) is 31.9. The molecule has 0 bridgehead atoms. The standard InChI is InChI=1S/C17H36N2/c1-5-7-9-19(10-8-6-2)13-16-15(4)11-14(3)12-17(16)18/h14-17H,5-13,18H2,1-4H3. The fourth-order valence-corrected chi connectivity index (χ4v) is 3.64. The molecule has 2 N–H and O–H groups in total. The third-order valence-electron chi connectivity index (χ3n) is 4.85. The lowest BCUT2D eigenvalue weighted by Gasteiger charge is -2.40. The van der Waals surface area contributed by atoms with Crippen molar-refractivity contribution < 1.29 is 0 Å². The molecule has 0 aliphatic heterocycles. The van der Waals surface area contributed by atoms with E-state index in [-0.39, 0.29) is 0 Å². The van der Waals surface area contributed by atoms with Gasteiger partial charge in [0.15, 0.2) is 0 Å². The topological polar surface area (TPSA) is 29.3 Å². The first-order valence-electron chi connectivity index (χ1n) is 8.56. The molecule has 0 aromatic heterocycles. The lowest BCUT2D eigenvalue weighted by molar-refractivity contribution is 0.116. The molecule has 19 heavy (non-hydrogen) atoms. The van der Waals surface area contributed by atoms with Gasteiger partial charge in [0.2, 0.25) is 0 Å². The molecule has 4 atom stereocenters. The monoisotopic (exact) mass is 268 g/mol. The smallest absolute Gasteiger partial charge is 0.00844 e. The lowest BCUT2D eigenvalue weighted by atomic mass is 9.72. The number of nitrogens with zero attached hydrogens (tertiary/aromatic N) is 1. The quantitative estimate of drug-likeness (QED) is 0.723. The molecule has 0 radical (unpaired) electrons. The molecule has 2 nitrogen and oxygen atoms in total. The number of hydrogen-bond donors (Lipinski definition) is 1. The zero-order valence-electron chi connectivity index (χ0n) is 13.7. The average Bonchev–Trinajstić information content (AvgIpc) is 2.35. The van der Waals surface area contributed by atoms with E-state index in [9.17, 15) is 0 Å². The van der Waals surface area contributed by atoms with E-state index in [2.05, 4.69) is 32.6 Å². The van der Waals surface area contributed by atoms with Crippen LogP contribution in [0, 0.1) is 17.8 Å². The van der Waals surface area contributed by atoms with E-state index in [0.29, 0.717) is 12.0 Å². The summed E-state index contributed by atoms with van der Waals surface area (Å²) in [6.45, 7) is 13.1. The van der Waals surface area contributed by atoms with Gasteiger partial charge in [0.25, 0.3) is 0 Å². The van der Waals surface area contributed by atoms with Crippen LogP contribution in [-0.2, 0) is 0 Å². The molecule has 1 rings (SSSR count). The van der Waals surface area contributed by atoms with Gasteiger partial charge in [0.05, 0.1) is 0 Å². The third-order valence-corrected chi connectivity index (χ3v) is 4.85. The minimum absolute atomic E-state index is 0.421. The Kier molecular flexibility index (Phi) is 8.01. The van der Waals surface area contributed by atoms with E-state index in [1.807, 2.05) is 0 Å². The Balaban J connectivity index is 2.50. The van der Waals surface area contributed by atoms with Crippen molar-refractivity contribution >= 4 is 0 Å². The Morgan fingerprint density at radius 3 is 2.05 bits per heavy atom. The summed E-state index contributed by atoms with van der Waals surface area (Å²) in [6, 6.07) is 0.421. The van der Waals surface area contributed by atoms with Crippen molar-refractivity contribution in [3.05, 3.63) is 0 Å². The van der Waals surface area contributed by atoms with E-state index in [4.69, 9.17) is 5.73 Å². The predicted molar refractivity (Wildman–Crippen MR) is 85.3 cm³/mol. The summed E-state index contributed by atoms with van der Waals surface area (Å²) in [7, 11) is 0. The maximum absolute atomic E-state index is 6.44. The van der Waals surface area contributed by atoms with Crippen LogP contribution >= 0.6 is 0 Å². The maximum Gasteiger partial charge on any atom is 0.00844 e. The predicted octanol–water partition coefficient (Wildman–Crippen LogP) is 3.90. The van der Waals surface area contributed by atoms with E-state index < -0.39 is 0 Å².